The van der Waals surface area contributed by atoms with E-state index in [0.717, 1.165) is 6.07 Å². The highest BCUT2D eigenvalue weighted by atomic mass is 32.1. The second kappa shape index (κ2) is 9.65. The van der Waals surface area contributed by atoms with E-state index in [0.29, 0.717) is 22.3 Å². The van der Waals surface area contributed by atoms with Crippen LogP contribution in [-0.2, 0) is 23.9 Å². The maximum Gasteiger partial charge on any atom is 0.416 e. The monoisotopic (exact) mass is 451 g/mol. The van der Waals surface area contributed by atoms with E-state index in [9.17, 15) is 18.0 Å². The van der Waals surface area contributed by atoms with Crippen LogP contribution in [-0.4, -0.2) is 23.4 Å². The molecule has 0 unspecified atom stereocenters. The van der Waals surface area contributed by atoms with E-state index in [1.165, 1.54) is 30.4 Å². The Morgan fingerprint density at radius 3 is 2.77 bits per heavy atom. The van der Waals surface area contributed by atoms with Crippen molar-refractivity contribution in [2.45, 2.75) is 26.1 Å². The van der Waals surface area contributed by atoms with Gasteiger partial charge in [-0.15, -0.1) is 11.3 Å². The zero-order valence-electron chi connectivity index (χ0n) is 16.5. The highest BCUT2D eigenvalue weighted by Gasteiger charge is 2.32. The second-order valence-electron chi connectivity index (χ2n) is 6.51. The molecule has 0 saturated heterocycles. The minimum atomic E-state index is -4.41. The number of carbonyl (C=O) groups excluding carboxylic acids is 1. The van der Waals surface area contributed by atoms with Gasteiger partial charge in [0.1, 0.15) is 11.5 Å². The molecule has 0 spiro atoms. The number of aliphatic imine (C=N–C) groups is 1. The van der Waals surface area contributed by atoms with Gasteiger partial charge in [0.25, 0.3) is 0 Å². The number of rotatable bonds is 7. The van der Waals surface area contributed by atoms with Crippen molar-refractivity contribution in [3.05, 3.63) is 58.7 Å². The fourth-order valence-electron chi connectivity index (χ4n) is 2.73. The van der Waals surface area contributed by atoms with Gasteiger partial charge in [-0.1, -0.05) is 18.2 Å². The molecule has 1 amide bonds. The third-order valence-electron chi connectivity index (χ3n) is 4.15. The molecule has 164 valence electrons. The number of hydrogen-bond donors (Lipinski definition) is 3. The number of alkyl halides is 3. The Morgan fingerprint density at radius 1 is 1.26 bits per heavy atom. The average molecular weight is 451 g/mol. The summed E-state index contributed by atoms with van der Waals surface area (Å²) in [4.78, 5) is 19.4. The number of benzene rings is 1. The number of thiazole rings is 1. The summed E-state index contributed by atoms with van der Waals surface area (Å²) in [5.74, 6) is 1.02. The standard InChI is InChI=1S/C20H20F3N5O2S/c1-12(29)26-10-14-6-7-17(30-14)16-11-31-19(27-16)28-18(24)25-9-8-13-4-2-3-5-15(13)20(21,22)23/h2-7,11H,8-10H2,1H3,(H,26,29)(H3,24,25,27,28). The third-order valence-corrected chi connectivity index (χ3v) is 4.91. The molecule has 0 radical (unpaired) electrons. The normalized spacial score (nSPS) is 12.1. The highest BCUT2D eigenvalue weighted by molar-refractivity contribution is 7.14. The molecule has 3 rings (SSSR count). The number of furan rings is 1. The Labute approximate surface area is 180 Å². The van der Waals surface area contributed by atoms with Crippen molar-refractivity contribution in [2.75, 3.05) is 11.9 Å². The number of anilines is 1. The van der Waals surface area contributed by atoms with Crippen molar-refractivity contribution in [2.24, 2.45) is 10.7 Å². The molecule has 1 aromatic carbocycles. The predicted octanol–water partition coefficient (Wildman–Crippen LogP) is 4.03. The third kappa shape index (κ3) is 6.32. The molecule has 31 heavy (non-hydrogen) atoms. The Balaban J connectivity index is 1.57. The number of nitrogens with one attached hydrogen (secondary N) is 2. The van der Waals surface area contributed by atoms with Crippen molar-refractivity contribution < 1.29 is 22.4 Å². The van der Waals surface area contributed by atoms with Crippen LogP contribution in [0.5, 0.6) is 0 Å². The van der Waals surface area contributed by atoms with Gasteiger partial charge in [-0.3, -0.25) is 9.79 Å². The van der Waals surface area contributed by atoms with Gasteiger partial charge < -0.3 is 20.8 Å². The van der Waals surface area contributed by atoms with Gasteiger partial charge in [-0.2, -0.15) is 13.2 Å². The minimum absolute atomic E-state index is 0.0520. The molecule has 7 nitrogen and oxygen atoms in total. The first-order valence-corrected chi connectivity index (χ1v) is 10.1. The lowest BCUT2D eigenvalue weighted by Crippen LogP contribution is -2.23. The smallest absolute Gasteiger partial charge is 0.416 e. The average Bonchev–Trinajstić information content (AvgIpc) is 3.35. The Bertz CT molecular complexity index is 1070. The number of guanidine groups is 1. The van der Waals surface area contributed by atoms with Gasteiger partial charge in [-0.25, -0.2) is 4.98 Å². The molecule has 0 atom stereocenters. The van der Waals surface area contributed by atoms with E-state index in [4.69, 9.17) is 10.2 Å². The summed E-state index contributed by atoms with van der Waals surface area (Å²) in [7, 11) is 0. The molecule has 0 aliphatic heterocycles. The maximum absolute atomic E-state index is 13.0. The molecule has 2 aromatic heterocycles. The van der Waals surface area contributed by atoms with Crippen molar-refractivity contribution >= 4 is 28.3 Å². The SMILES string of the molecule is CC(=O)NCc1ccc(-c2csc(NC(N)=NCCc3ccccc3C(F)(F)F)n2)o1. The van der Waals surface area contributed by atoms with Crippen LogP contribution >= 0.6 is 11.3 Å². The van der Waals surface area contributed by atoms with Crippen molar-refractivity contribution in [1.82, 2.24) is 10.3 Å². The van der Waals surface area contributed by atoms with Crippen molar-refractivity contribution in [3.8, 4) is 11.5 Å². The molecule has 0 aliphatic carbocycles. The molecule has 11 heteroatoms. The summed E-state index contributed by atoms with van der Waals surface area (Å²) in [5, 5.41) is 7.69. The van der Waals surface area contributed by atoms with Gasteiger partial charge >= 0.3 is 6.18 Å². The van der Waals surface area contributed by atoms with Crippen LogP contribution in [0.4, 0.5) is 18.3 Å². The maximum atomic E-state index is 13.0. The number of nitrogens with two attached hydrogens (primary N) is 1. The van der Waals surface area contributed by atoms with Crippen LogP contribution in [0.1, 0.15) is 23.8 Å². The van der Waals surface area contributed by atoms with Crippen LogP contribution in [0.2, 0.25) is 0 Å². The predicted molar refractivity (Wildman–Crippen MR) is 113 cm³/mol. The zero-order valence-corrected chi connectivity index (χ0v) is 17.3. The molecule has 0 fully saturated rings. The van der Waals surface area contributed by atoms with Crippen molar-refractivity contribution in [3.63, 3.8) is 0 Å². The number of amides is 1. The van der Waals surface area contributed by atoms with Crippen LogP contribution in [0.25, 0.3) is 11.5 Å². The number of nitrogens with zero attached hydrogens (tertiary/aromatic N) is 2. The molecule has 2 heterocycles. The largest absolute Gasteiger partial charge is 0.458 e. The van der Waals surface area contributed by atoms with Gasteiger partial charge in [-0.05, 0) is 30.2 Å². The quantitative estimate of drug-likeness (QED) is 0.372. The second-order valence-corrected chi connectivity index (χ2v) is 7.37. The first-order valence-electron chi connectivity index (χ1n) is 9.23. The van der Waals surface area contributed by atoms with Crippen LogP contribution in [0.3, 0.4) is 0 Å². The molecule has 0 aliphatic rings. The van der Waals surface area contributed by atoms with E-state index in [1.54, 1.807) is 23.6 Å². The lowest BCUT2D eigenvalue weighted by atomic mass is 10.0. The van der Waals surface area contributed by atoms with Crippen molar-refractivity contribution in [1.29, 1.82) is 0 Å². The molecule has 4 N–H and O–H groups in total. The van der Waals surface area contributed by atoms with Gasteiger partial charge in [0.2, 0.25) is 5.91 Å². The summed E-state index contributed by atoms with van der Waals surface area (Å²) in [6, 6.07) is 8.88. The first kappa shape index (κ1) is 22.3. The Hall–Kier alpha value is -3.34. The summed E-state index contributed by atoms with van der Waals surface area (Å²) in [6.07, 6.45) is -4.31. The summed E-state index contributed by atoms with van der Waals surface area (Å²) in [6.45, 7) is 1.79. The van der Waals surface area contributed by atoms with Gasteiger partial charge in [0.15, 0.2) is 16.9 Å². The van der Waals surface area contributed by atoms with Gasteiger partial charge in [0.05, 0.1) is 12.1 Å². The van der Waals surface area contributed by atoms with Crippen LogP contribution in [0.15, 0.2) is 51.2 Å². The van der Waals surface area contributed by atoms with Crippen LogP contribution in [0, 0.1) is 0 Å². The van der Waals surface area contributed by atoms with Crippen LogP contribution < -0.4 is 16.4 Å². The molecular weight excluding hydrogens is 431 g/mol. The number of halogens is 3. The molecule has 3 aromatic rings. The zero-order chi connectivity index (χ0) is 22.4. The van der Waals surface area contributed by atoms with E-state index >= 15 is 0 Å². The Kier molecular flexibility index (Phi) is 6.95. The number of hydrogen-bond acceptors (Lipinski definition) is 5. The first-order chi connectivity index (χ1) is 14.7. The van der Waals surface area contributed by atoms with E-state index in [1.807, 2.05) is 0 Å². The fraction of sp³-hybridized carbons (Fsp3) is 0.250. The fourth-order valence-corrected chi connectivity index (χ4v) is 3.43. The Morgan fingerprint density at radius 2 is 2.03 bits per heavy atom. The number of carbonyl (C=O) groups is 1. The lowest BCUT2D eigenvalue weighted by molar-refractivity contribution is -0.138. The summed E-state index contributed by atoms with van der Waals surface area (Å²) in [5.41, 5.74) is 5.90. The molecule has 0 bridgehead atoms. The summed E-state index contributed by atoms with van der Waals surface area (Å²) >= 11 is 1.27. The number of aromatic nitrogens is 1. The van der Waals surface area contributed by atoms with Gasteiger partial charge in [0, 0.05) is 18.8 Å². The van der Waals surface area contributed by atoms with E-state index < -0.39 is 11.7 Å². The molecular formula is C20H20F3N5O2S. The highest BCUT2D eigenvalue weighted by Crippen LogP contribution is 2.32. The minimum Gasteiger partial charge on any atom is -0.458 e. The summed E-state index contributed by atoms with van der Waals surface area (Å²) < 4.78 is 44.8. The topological polar surface area (TPSA) is 106 Å². The lowest BCUT2D eigenvalue weighted by Gasteiger charge is -2.11. The van der Waals surface area contributed by atoms with E-state index in [-0.39, 0.29) is 36.9 Å². The van der Waals surface area contributed by atoms with E-state index in [2.05, 4.69) is 20.6 Å². The molecule has 0 saturated carbocycles.